The highest BCUT2D eigenvalue weighted by Crippen LogP contribution is 2.44. The van der Waals surface area contributed by atoms with Crippen LogP contribution in [0.25, 0.3) is 0 Å². The van der Waals surface area contributed by atoms with Gasteiger partial charge in [-0.15, -0.1) is 0 Å². The minimum atomic E-state index is -0.728. The van der Waals surface area contributed by atoms with Crippen molar-refractivity contribution in [1.82, 2.24) is 0 Å². The molecule has 6 aromatic carbocycles. The monoisotopic (exact) mass is 1390 g/mol. The zero-order chi connectivity index (χ0) is 72.9. The second kappa shape index (κ2) is 45.2. The number of rotatable bonds is 28. The number of nitriles is 2. The Bertz CT molecular complexity index is 3520. The van der Waals surface area contributed by atoms with Crippen LogP contribution in [0.3, 0.4) is 0 Å². The fourth-order valence-corrected chi connectivity index (χ4v) is 15.3. The van der Waals surface area contributed by atoms with Gasteiger partial charge < -0.3 is 18.9 Å². The average Bonchev–Trinajstić information content (AvgIpc) is 0.857. The zero-order valence-corrected chi connectivity index (χ0v) is 62.3. The van der Waals surface area contributed by atoms with Gasteiger partial charge in [0.25, 0.3) is 0 Å². The van der Waals surface area contributed by atoms with Crippen molar-refractivity contribution in [2.24, 2.45) is 47.3 Å². The second-order valence-electron chi connectivity index (χ2n) is 29.6. The molecule has 0 amide bonds. The van der Waals surface area contributed by atoms with Crippen molar-refractivity contribution in [1.29, 1.82) is 10.5 Å². The SMILES string of the molecule is CCCCC1CCC(C2CCC(C(=O)Oc3ccc(C)cc3)CC2)CC1.CCCCCCC1CCC(C2CCC(C(=O)Oc3ccc(C)cc3)CC2)CC1.CCCCCCCc1ccc(C(=O)Oc2ccc(C#N)cc2F)cc1.CCCCCc1ccc(C(=O)Oc2ccc(C#N)cc2F)cc1. The number of carbonyl (C=O) groups excluding carboxylic acids is 4. The molecule has 0 N–H and O–H groups in total. The largest absolute Gasteiger partial charge is 0.426 e. The molecule has 10 rings (SSSR count). The van der Waals surface area contributed by atoms with E-state index in [1.54, 1.807) is 24.3 Å². The van der Waals surface area contributed by atoms with Crippen molar-refractivity contribution in [2.75, 3.05) is 0 Å². The lowest BCUT2D eigenvalue weighted by Gasteiger charge is -2.37. The molecular weight excluding hydrogens is 1270 g/mol. The summed E-state index contributed by atoms with van der Waals surface area (Å²) in [5.74, 6) is 4.04. The Balaban J connectivity index is 0.000000191. The van der Waals surface area contributed by atoms with Crippen LogP contribution in [0.2, 0.25) is 0 Å². The number of carbonyl (C=O) groups is 4. The van der Waals surface area contributed by atoms with Gasteiger partial charge in [0.05, 0.1) is 46.2 Å². The number of benzene rings is 6. The van der Waals surface area contributed by atoms with Crippen LogP contribution in [0.15, 0.2) is 133 Å². The molecule has 0 bridgehead atoms. The van der Waals surface area contributed by atoms with Crippen molar-refractivity contribution in [3.63, 3.8) is 0 Å². The van der Waals surface area contributed by atoms with Gasteiger partial charge in [0, 0.05) is 0 Å². The number of halogens is 2. The maximum absolute atomic E-state index is 13.8. The van der Waals surface area contributed by atoms with Gasteiger partial charge in [-0.25, -0.2) is 18.4 Å². The Morgan fingerprint density at radius 1 is 0.373 bits per heavy atom. The van der Waals surface area contributed by atoms with Gasteiger partial charge in [0.2, 0.25) is 0 Å². The third-order valence-corrected chi connectivity index (χ3v) is 21.8. The number of hydrogen-bond donors (Lipinski definition) is 0. The molecule has 12 heteroatoms. The van der Waals surface area contributed by atoms with Crippen LogP contribution in [0.5, 0.6) is 23.0 Å². The Kier molecular flexibility index (Phi) is 36.1. The molecule has 4 fully saturated rings. The first kappa shape index (κ1) is 81.3. The van der Waals surface area contributed by atoms with Gasteiger partial charge in [0.1, 0.15) is 11.5 Å². The van der Waals surface area contributed by atoms with E-state index in [0.29, 0.717) is 22.6 Å². The predicted octanol–water partition coefficient (Wildman–Crippen LogP) is 24.3. The van der Waals surface area contributed by atoms with Crippen molar-refractivity contribution in [2.45, 2.75) is 260 Å². The summed E-state index contributed by atoms with van der Waals surface area (Å²) in [6, 6.07) is 41.1. The molecular formula is C90H116F2N2O8. The highest BCUT2D eigenvalue weighted by Gasteiger charge is 2.35. The van der Waals surface area contributed by atoms with E-state index in [1.165, 1.54) is 213 Å². The van der Waals surface area contributed by atoms with Gasteiger partial charge in [-0.3, -0.25) is 9.59 Å². The van der Waals surface area contributed by atoms with E-state index < -0.39 is 23.6 Å². The van der Waals surface area contributed by atoms with E-state index in [2.05, 4.69) is 27.7 Å². The standard InChI is InChI=1S/C26H40O2.C24H36O2.C21H22FNO2.C19H18FNO2/c1-3-4-5-6-7-21-10-12-22(13-11-21)23-14-16-24(17-15-23)26(27)28-25-18-8-20(2)9-19-25;1-3-4-5-19-8-10-20(11-9-19)21-12-14-22(15-13-21)24(25)26-23-16-6-18(2)7-17-23;1-2-3-4-5-6-7-16-8-11-18(12-9-16)21(24)25-20-13-10-17(15-23)14-19(20)22;1-2-3-4-5-14-6-9-16(10-7-14)19(22)23-18-11-8-15(13-21)12-17(18)20/h8-9,18-19,21-24H,3-7,10-17H2,1-2H3;6-7,16-17,19-22H,3-5,8-15H2,1-2H3;8-14H,2-7H2,1H3;6-12H,2-5H2,1H3. The third kappa shape index (κ3) is 28.3. The van der Waals surface area contributed by atoms with Gasteiger partial charge >= 0.3 is 23.9 Å². The summed E-state index contributed by atoms with van der Waals surface area (Å²) in [6.07, 6.45) is 43.3. The van der Waals surface area contributed by atoms with E-state index in [0.717, 1.165) is 99.0 Å². The Hall–Kier alpha value is -7.96. The summed E-state index contributed by atoms with van der Waals surface area (Å²) >= 11 is 0. The van der Waals surface area contributed by atoms with Crippen LogP contribution in [-0.4, -0.2) is 23.9 Å². The first-order valence-corrected chi connectivity index (χ1v) is 39.2. The molecule has 4 saturated carbocycles. The zero-order valence-electron chi connectivity index (χ0n) is 62.3. The van der Waals surface area contributed by atoms with Crippen LogP contribution in [0.1, 0.15) is 287 Å². The molecule has 0 saturated heterocycles. The fourth-order valence-electron chi connectivity index (χ4n) is 15.3. The van der Waals surface area contributed by atoms with Gasteiger partial charge in [-0.1, -0.05) is 203 Å². The van der Waals surface area contributed by atoms with Gasteiger partial charge in [-0.05, 0) is 248 Å². The van der Waals surface area contributed by atoms with Crippen molar-refractivity contribution in [3.8, 4) is 35.1 Å². The number of hydrogen-bond acceptors (Lipinski definition) is 10. The Morgan fingerprint density at radius 3 is 1.05 bits per heavy atom. The maximum Gasteiger partial charge on any atom is 0.343 e. The summed E-state index contributed by atoms with van der Waals surface area (Å²) in [5, 5.41) is 17.4. The van der Waals surface area contributed by atoms with E-state index >= 15 is 0 Å². The van der Waals surface area contributed by atoms with E-state index in [1.807, 2.05) is 98.8 Å². The molecule has 4 aliphatic rings. The molecule has 0 atom stereocenters. The molecule has 0 aliphatic heterocycles. The molecule has 4 aliphatic carbocycles. The lowest BCUT2D eigenvalue weighted by molar-refractivity contribution is -0.141. The third-order valence-electron chi connectivity index (χ3n) is 21.8. The number of aryl methyl sites for hydroxylation is 4. The van der Waals surface area contributed by atoms with E-state index in [9.17, 15) is 28.0 Å². The molecule has 0 spiro atoms. The van der Waals surface area contributed by atoms with Gasteiger partial charge in [-0.2, -0.15) is 10.5 Å². The van der Waals surface area contributed by atoms with Crippen LogP contribution >= 0.6 is 0 Å². The van der Waals surface area contributed by atoms with Crippen molar-refractivity contribution < 1.29 is 46.9 Å². The van der Waals surface area contributed by atoms with Crippen molar-refractivity contribution in [3.05, 3.63) is 190 Å². The molecule has 548 valence electrons. The molecule has 0 aromatic heterocycles. The molecule has 0 radical (unpaired) electrons. The predicted molar refractivity (Wildman–Crippen MR) is 404 cm³/mol. The normalized spacial score (nSPS) is 20.0. The quantitative estimate of drug-likeness (QED) is 0.0263. The highest BCUT2D eigenvalue weighted by molar-refractivity contribution is 5.91. The summed E-state index contributed by atoms with van der Waals surface area (Å²) in [4.78, 5) is 49.1. The molecule has 102 heavy (non-hydrogen) atoms. The van der Waals surface area contributed by atoms with E-state index in [-0.39, 0.29) is 46.4 Å². The van der Waals surface area contributed by atoms with E-state index in [4.69, 9.17) is 29.5 Å². The topological polar surface area (TPSA) is 153 Å². The lowest BCUT2D eigenvalue weighted by Crippen LogP contribution is -2.30. The number of ether oxygens (including phenoxy) is 4. The molecule has 6 aromatic rings. The smallest absolute Gasteiger partial charge is 0.343 e. The number of esters is 4. The number of unbranched alkanes of at least 4 members (excludes halogenated alkanes) is 10. The minimum absolute atomic E-state index is 0.0157. The molecule has 10 nitrogen and oxygen atoms in total. The minimum Gasteiger partial charge on any atom is -0.426 e. The van der Waals surface area contributed by atoms with Crippen LogP contribution in [0, 0.1) is 95.5 Å². The van der Waals surface area contributed by atoms with Crippen LogP contribution in [-0.2, 0) is 22.4 Å². The fraction of sp³-hybridized carbons (Fsp3) is 0.533. The Morgan fingerprint density at radius 2 is 0.696 bits per heavy atom. The summed E-state index contributed by atoms with van der Waals surface area (Å²) in [6.45, 7) is 13.0. The maximum atomic E-state index is 13.8. The molecule has 0 unspecified atom stereocenters. The summed E-state index contributed by atoms with van der Waals surface area (Å²) in [7, 11) is 0. The summed E-state index contributed by atoms with van der Waals surface area (Å²) in [5.41, 5.74) is 5.83. The Labute approximate surface area is 610 Å². The second-order valence-corrected chi connectivity index (χ2v) is 29.6. The lowest BCUT2D eigenvalue weighted by atomic mass is 9.68. The van der Waals surface area contributed by atoms with Crippen LogP contribution in [0.4, 0.5) is 8.78 Å². The molecule has 0 heterocycles. The first-order chi connectivity index (χ1) is 49.6. The average molecular weight is 1390 g/mol. The summed E-state index contributed by atoms with van der Waals surface area (Å²) < 4.78 is 48.8. The highest BCUT2D eigenvalue weighted by atomic mass is 19.1. The first-order valence-electron chi connectivity index (χ1n) is 39.2. The van der Waals surface area contributed by atoms with Crippen LogP contribution < -0.4 is 18.9 Å². The van der Waals surface area contributed by atoms with Gasteiger partial charge in [0.15, 0.2) is 23.1 Å². The van der Waals surface area contributed by atoms with Crippen molar-refractivity contribution >= 4 is 23.9 Å². The number of nitrogens with zero attached hydrogens (tertiary/aromatic N) is 2.